The third-order valence-corrected chi connectivity index (χ3v) is 5.21. The number of pyridine rings is 1. The highest BCUT2D eigenvalue weighted by atomic mass is 32.1. The van der Waals surface area contributed by atoms with Gasteiger partial charge in [-0.1, -0.05) is 48.6 Å². The van der Waals surface area contributed by atoms with Crippen LogP contribution < -0.4 is 9.88 Å². The van der Waals surface area contributed by atoms with Crippen LogP contribution in [-0.2, 0) is 0 Å². The molecule has 3 aromatic rings. The predicted octanol–water partition coefficient (Wildman–Crippen LogP) is 5.53. The van der Waals surface area contributed by atoms with Crippen LogP contribution in [0.15, 0.2) is 67.0 Å². The summed E-state index contributed by atoms with van der Waals surface area (Å²) in [5.74, 6) is 0.142. The first-order chi connectivity index (χ1) is 13.4. The van der Waals surface area contributed by atoms with Crippen molar-refractivity contribution in [2.75, 3.05) is 5.32 Å². The Hall–Kier alpha value is -2.98. The van der Waals surface area contributed by atoms with Crippen molar-refractivity contribution in [3.63, 3.8) is 0 Å². The summed E-state index contributed by atoms with van der Waals surface area (Å²) in [6, 6.07) is 17.8. The van der Waals surface area contributed by atoms with E-state index >= 15 is 0 Å². The molecule has 2 N–H and O–H groups in total. The van der Waals surface area contributed by atoms with Crippen LogP contribution in [0, 0.1) is 27.7 Å². The number of benzene rings is 2. The van der Waals surface area contributed by atoms with Gasteiger partial charge in [-0.25, -0.2) is 0 Å². The summed E-state index contributed by atoms with van der Waals surface area (Å²) in [5, 5.41) is 14.5. The molecule has 2 aromatic carbocycles. The van der Waals surface area contributed by atoms with Crippen molar-refractivity contribution in [1.82, 2.24) is 0 Å². The SMILES string of the molecule is Cc1ccc(C(O)=C(C(=S)Nc2c(C)cccc2C)[n+]2ccccc2)cc1C. The smallest absolute Gasteiger partial charge is 0.288 e. The Balaban J connectivity index is 2.12. The maximum absolute atomic E-state index is 11.2. The fraction of sp³-hybridized carbons (Fsp3) is 0.167. The minimum Gasteiger partial charge on any atom is -0.502 e. The van der Waals surface area contributed by atoms with Gasteiger partial charge in [-0.15, -0.1) is 0 Å². The quantitative estimate of drug-likeness (QED) is 0.266. The number of aliphatic hydroxyl groups is 1. The first kappa shape index (κ1) is 19.8. The van der Waals surface area contributed by atoms with Gasteiger partial charge in [0.15, 0.2) is 23.1 Å². The number of aromatic nitrogens is 1. The first-order valence-electron chi connectivity index (χ1n) is 9.23. The van der Waals surface area contributed by atoms with E-state index in [2.05, 4.69) is 12.2 Å². The van der Waals surface area contributed by atoms with Gasteiger partial charge in [0.2, 0.25) is 0 Å². The Kier molecular flexibility index (Phi) is 5.90. The highest BCUT2D eigenvalue weighted by Gasteiger charge is 2.24. The van der Waals surface area contributed by atoms with Crippen molar-refractivity contribution in [1.29, 1.82) is 0 Å². The van der Waals surface area contributed by atoms with Crippen molar-refractivity contribution in [3.05, 3.63) is 94.8 Å². The molecule has 0 atom stereocenters. The highest BCUT2D eigenvalue weighted by molar-refractivity contribution is 7.81. The Morgan fingerprint density at radius 3 is 2.07 bits per heavy atom. The third kappa shape index (κ3) is 4.12. The number of hydrogen-bond acceptors (Lipinski definition) is 2. The number of para-hydroxylation sites is 1. The van der Waals surface area contributed by atoms with Crippen LogP contribution in [0.2, 0.25) is 0 Å². The molecule has 4 heteroatoms. The van der Waals surface area contributed by atoms with Crippen LogP contribution in [-0.4, -0.2) is 10.1 Å². The number of rotatable bonds is 4. The molecule has 0 spiro atoms. The van der Waals surface area contributed by atoms with Crippen molar-refractivity contribution < 1.29 is 9.67 Å². The topological polar surface area (TPSA) is 36.1 Å². The lowest BCUT2D eigenvalue weighted by Crippen LogP contribution is -2.38. The van der Waals surface area contributed by atoms with Crippen LogP contribution in [0.5, 0.6) is 0 Å². The second kappa shape index (κ2) is 8.36. The van der Waals surface area contributed by atoms with Gasteiger partial charge in [0, 0.05) is 23.4 Å². The molecule has 0 amide bonds. The largest absolute Gasteiger partial charge is 0.502 e. The molecule has 0 radical (unpaired) electrons. The standard InChI is InChI=1S/C24H24N2OS/c1-16-11-12-20(15-19(16)4)23(27)22(26-13-6-5-7-14-26)24(28)25-21-17(2)9-8-10-18(21)3/h5-15H,1-4H3,(H-,25,27,28)/p+1. The fourth-order valence-corrected chi connectivity index (χ4v) is 3.41. The normalized spacial score (nSPS) is 11.7. The molecule has 3 rings (SSSR count). The fourth-order valence-electron chi connectivity index (χ4n) is 3.10. The minimum atomic E-state index is 0.142. The van der Waals surface area contributed by atoms with Gasteiger partial charge in [-0.3, -0.25) is 0 Å². The molecule has 1 heterocycles. The van der Waals surface area contributed by atoms with Crippen LogP contribution in [0.4, 0.5) is 5.69 Å². The number of aryl methyl sites for hydroxylation is 4. The summed E-state index contributed by atoms with van der Waals surface area (Å²) in [7, 11) is 0. The molecule has 0 aliphatic carbocycles. The average Bonchev–Trinajstić information content (AvgIpc) is 2.68. The third-order valence-electron chi connectivity index (χ3n) is 4.91. The van der Waals surface area contributed by atoms with Crippen molar-refractivity contribution in [2.24, 2.45) is 0 Å². The summed E-state index contributed by atoms with van der Waals surface area (Å²) in [6.07, 6.45) is 3.76. The van der Waals surface area contributed by atoms with Crippen LogP contribution >= 0.6 is 12.2 Å². The number of anilines is 1. The Morgan fingerprint density at radius 1 is 0.821 bits per heavy atom. The Morgan fingerprint density at radius 2 is 1.46 bits per heavy atom. The Bertz CT molecular complexity index is 1040. The van der Waals surface area contributed by atoms with E-state index in [1.54, 1.807) is 0 Å². The molecular formula is C24H25N2OS+. The maximum atomic E-state index is 11.2. The molecule has 0 unspecified atom stereocenters. The molecule has 0 fully saturated rings. The van der Waals surface area contributed by atoms with E-state index in [4.69, 9.17) is 12.2 Å². The lowest BCUT2D eigenvalue weighted by molar-refractivity contribution is -0.575. The maximum Gasteiger partial charge on any atom is 0.288 e. The van der Waals surface area contributed by atoms with E-state index < -0.39 is 0 Å². The average molecular weight is 390 g/mol. The van der Waals surface area contributed by atoms with E-state index in [0.717, 1.165) is 27.9 Å². The van der Waals surface area contributed by atoms with Gasteiger partial charge >= 0.3 is 0 Å². The first-order valence-corrected chi connectivity index (χ1v) is 9.64. The Labute approximate surface area is 172 Å². The second-order valence-electron chi connectivity index (χ2n) is 7.00. The van der Waals surface area contributed by atoms with Gasteiger partial charge < -0.3 is 10.4 Å². The zero-order valence-electron chi connectivity index (χ0n) is 16.7. The van der Waals surface area contributed by atoms with Gasteiger partial charge in [-0.2, -0.15) is 4.57 Å². The minimum absolute atomic E-state index is 0.142. The lowest BCUT2D eigenvalue weighted by atomic mass is 10.0. The van der Waals surface area contributed by atoms with Gasteiger partial charge in [-0.05, 0) is 56.0 Å². The number of nitrogens with zero attached hydrogens (tertiary/aromatic N) is 1. The summed E-state index contributed by atoms with van der Waals surface area (Å²) < 4.78 is 1.84. The van der Waals surface area contributed by atoms with E-state index in [-0.39, 0.29) is 5.76 Å². The molecule has 0 bridgehead atoms. The summed E-state index contributed by atoms with van der Waals surface area (Å²) in [4.78, 5) is 0.462. The van der Waals surface area contributed by atoms with Crippen LogP contribution in [0.25, 0.3) is 11.5 Å². The number of thiocarbonyl (C=S) groups is 1. The van der Waals surface area contributed by atoms with Crippen molar-refractivity contribution in [2.45, 2.75) is 27.7 Å². The molecule has 0 saturated carbocycles. The van der Waals surface area contributed by atoms with E-state index in [9.17, 15) is 5.11 Å². The summed E-state index contributed by atoms with van der Waals surface area (Å²) in [5.41, 5.74) is 6.75. The molecule has 28 heavy (non-hydrogen) atoms. The summed E-state index contributed by atoms with van der Waals surface area (Å²) >= 11 is 5.74. The van der Waals surface area contributed by atoms with Gasteiger partial charge in [0.05, 0.1) is 0 Å². The zero-order valence-corrected chi connectivity index (χ0v) is 17.5. The van der Waals surface area contributed by atoms with Crippen LogP contribution in [0.1, 0.15) is 27.8 Å². The van der Waals surface area contributed by atoms with E-state index in [1.165, 1.54) is 5.56 Å². The molecular weight excluding hydrogens is 364 g/mol. The number of aliphatic hydroxyl groups excluding tert-OH is 1. The van der Waals surface area contributed by atoms with E-state index in [0.29, 0.717) is 10.7 Å². The molecule has 142 valence electrons. The molecule has 3 nitrogen and oxygen atoms in total. The van der Waals surface area contributed by atoms with Crippen molar-refractivity contribution in [3.8, 4) is 0 Å². The molecule has 1 aromatic heterocycles. The lowest BCUT2D eigenvalue weighted by Gasteiger charge is -2.14. The van der Waals surface area contributed by atoms with Crippen LogP contribution in [0.3, 0.4) is 0 Å². The van der Waals surface area contributed by atoms with Gasteiger partial charge in [0.1, 0.15) is 0 Å². The highest BCUT2D eigenvalue weighted by Crippen LogP contribution is 2.24. The summed E-state index contributed by atoms with van der Waals surface area (Å²) in [6.45, 7) is 8.18. The van der Waals surface area contributed by atoms with E-state index in [1.807, 2.05) is 92.3 Å². The molecule has 0 aliphatic rings. The second-order valence-corrected chi connectivity index (χ2v) is 7.41. The molecule has 0 saturated heterocycles. The molecule has 0 aliphatic heterocycles. The van der Waals surface area contributed by atoms with Gasteiger partial charge in [0.25, 0.3) is 5.70 Å². The number of hydrogen-bond donors (Lipinski definition) is 2. The monoisotopic (exact) mass is 389 g/mol. The number of nitrogens with one attached hydrogen (secondary N) is 1. The predicted molar refractivity (Wildman–Crippen MR) is 120 cm³/mol. The van der Waals surface area contributed by atoms with Crippen molar-refractivity contribution >= 4 is 34.3 Å². The zero-order chi connectivity index (χ0) is 20.3.